The summed E-state index contributed by atoms with van der Waals surface area (Å²) in [5, 5.41) is 0.807. The van der Waals surface area contributed by atoms with Gasteiger partial charge in [-0.1, -0.05) is 24.6 Å². The van der Waals surface area contributed by atoms with Crippen LogP contribution in [0, 0.1) is 0 Å². The second-order valence-corrected chi connectivity index (χ2v) is 6.78. The standard InChI is InChI=1S/C15H20BrClN2/c1-2-11-9-18-8-4-5-12(18)10-19(11)14-7-3-6-13(17)15(14)16/h3,6-7,11-12H,2,4-5,8-10H2,1H3. The average molecular weight is 344 g/mol. The van der Waals surface area contributed by atoms with E-state index in [9.17, 15) is 0 Å². The van der Waals surface area contributed by atoms with E-state index < -0.39 is 0 Å². The molecule has 4 heteroatoms. The number of halogens is 2. The van der Waals surface area contributed by atoms with Crippen LogP contribution in [0.15, 0.2) is 22.7 Å². The predicted octanol–water partition coefficient (Wildman–Crippen LogP) is 4.17. The van der Waals surface area contributed by atoms with Gasteiger partial charge in [0.2, 0.25) is 0 Å². The zero-order chi connectivity index (χ0) is 13.4. The molecule has 0 aromatic heterocycles. The monoisotopic (exact) mass is 342 g/mol. The number of piperazine rings is 1. The van der Waals surface area contributed by atoms with Gasteiger partial charge in [-0.05, 0) is 53.9 Å². The largest absolute Gasteiger partial charge is 0.365 e. The van der Waals surface area contributed by atoms with Crippen LogP contribution in [0.25, 0.3) is 0 Å². The molecular formula is C15H20BrClN2. The Morgan fingerprint density at radius 1 is 1.37 bits per heavy atom. The summed E-state index contributed by atoms with van der Waals surface area (Å²) in [5.41, 5.74) is 1.26. The molecule has 104 valence electrons. The summed E-state index contributed by atoms with van der Waals surface area (Å²) >= 11 is 9.91. The molecule has 2 saturated heterocycles. The Kier molecular flexibility index (Phi) is 4.06. The van der Waals surface area contributed by atoms with Crippen LogP contribution in [0.2, 0.25) is 5.02 Å². The van der Waals surface area contributed by atoms with Crippen molar-refractivity contribution < 1.29 is 0 Å². The molecule has 2 nitrogen and oxygen atoms in total. The molecular weight excluding hydrogens is 324 g/mol. The average Bonchev–Trinajstić information content (AvgIpc) is 2.87. The first-order valence-electron chi connectivity index (χ1n) is 7.15. The molecule has 0 N–H and O–H groups in total. The van der Waals surface area contributed by atoms with Crippen LogP contribution in [0.3, 0.4) is 0 Å². The quantitative estimate of drug-likeness (QED) is 0.795. The highest BCUT2D eigenvalue weighted by molar-refractivity contribution is 9.10. The van der Waals surface area contributed by atoms with Crippen LogP contribution in [-0.2, 0) is 0 Å². The highest BCUT2D eigenvalue weighted by atomic mass is 79.9. The van der Waals surface area contributed by atoms with E-state index in [0.29, 0.717) is 6.04 Å². The molecule has 2 heterocycles. The first-order valence-corrected chi connectivity index (χ1v) is 8.32. The highest BCUT2D eigenvalue weighted by Crippen LogP contribution is 2.37. The summed E-state index contributed by atoms with van der Waals surface area (Å²) in [4.78, 5) is 5.23. The third-order valence-electron chi connectivity index (χ3n) is 4.50. The van der Waals surface area contributed by atoms with Gasteiger partial charge in [0, 0.05) is 25.2 Å². The van der Waals surface area contributed by atoms with Gasteiger partial charge in [-0.25, -0.2) is 0 Å². The summed E-state index contributed by atoms with van der Waals surface area (Å²) in [7, 11) is 0. The molecule has 0 radical (unpaired) electrons. The van der Waals surface area contributed by atoms with Crippen molar-refractivity contribution in [2.24, 2.45) is 0 Å². The lowest BCUT2D eigenvalue weighted by Crippen LogP contribution is -2.56. The molecule has 19 heavy (non-hydrogen) atoms. The van der Waals surface area contributed by atoms with Crippen molar-refractivity contribution in [2.45, 2.75) is 38.3 Å². The van der Waals surface area contributed by atoms with Crippen molar-refractivity contribution >= 4 is 33.2 Å². The Morgan fingerprint density at radius 3 is 3.00 bits per heavy atom. The van der Waals surface area contributed by atoms with Gasteiger partial charge in [-0.3, -0.25) is 4.90 Å². The molecule has 1 aromatic rings. The van der Waals surface area contributed by atoms with E-state index in [1.54, 1.807) is 0 Å². The smallest absolute Gasteiger partial charge is 0.0595 e. The molecule has 2 atom stereocenters. The van der Waals surface area contributed by atoms with Gasteiger partial charge in [0.05, 0.1) is 15.2 Å². The van der Waals surface area contributed by atoms with Gasteiger partial charge < -0.3 is 4.90 Å². The first-order chi connectivity index (χ1) is 9.20. The Morgan fingerprint density at radius 2 is 2.21 bits per heavy atom. The molecule has 2 fully saturated rings. The number of benzene rings is 1. The van der Waals surface area contributed by atoms with Crippen LogP contribution in [0.1, 0.15) is 26.2 Å². The summed E-state index contributed by atoms with van der Waals surface area (Å²) in [6.45, 7) is 5.90. The minimum absolute atomic E-state index is 0.601. The minimum atomic E-state index is 0.601. The van der Waals surface area contributed by atoms with Crippen molar-refractivity contribution in [3.8, 4) is 0 Å². The Bertz CT molecular complexity index is 465. The second-order valence-electron chi connectivity index (χ2n) is 5.58. The molecule has 3 rings (SSSR count). The zero-order valence-electron chi connectivity index (χ0n) is 11.3. The van der Waals surface area contributed by atoms with E-state index in [-0.39, 0.29) is 0 Å². The molecule has 0 aliphatic carbocycles. The maximum absolute atomic E-state index is 6.25. The Labute approximate surface area is 128 Å². The predicted molar refractivity (Wildman–Crippen MR) is 85.2 cm³/mol. The van der Waals surface area contributed by atoms with E-state index in [2.05, 4.69) is 44.8 Å². The van der Waals surface area contributed by atoms with Crippen molar-refractivity contribution in [1.82, 2.24) is 4.90 Å². The van der Waals surface area contributed by atoms with Crippen LogP contribution in [-0.4, -0.2) is 36.6 Å². The zero-order valence-corrected chi connectivity index (χ0v) is 13.6. The Hall–Kier alpha value is -0.250. The first kappa shape index (κ1) is 13.7. The van der Waals surface area contributed by atoms with Crippen molar-refractivity contribution in [3.63, 3.8) is 0 Å². The van der Waals surface area contributed by atoms with Crippen molar-refractivity contribution in [3.05, 3.63) is 27.7 Å². The SMILES string of the molecule is CCC1CN2CCCC2CN1c1cccc(Cl)c1Br. The fourth-order valence-electron chi connectivity index (χ4n) is 3.45. The lowest BCUT2D eigenvalue weighted by molar-refractivity contribution is 0.194. The number of fused-ring (bicyclic) bond motifs is 1. The van der Waals surface area contributed by atoms with Gasteiger partial charge in [-0.15, -0.1) is 0 Å². The highest BCUT2D eigenvalue weighted by Gasteiger charge is 2.36. The van der Waals surface area contributed by atoms with Crippen LogP contribution in [0.5, 0.6) is 0 Å². The number of anilines is 1. The van der Waals surface area contributed by atoms with Gasteiger partial charge in [0.15, 0.2) is 0 Å². The van der Waals surface area contributed by atoms with Crippen LogP contribution in [0.4, 0.5) is 5.69 Å². The maximum atomic E-state index is 6.25. The third-order valence-corrected chi connectivity index (χ3v) is 5.88. The molecule has 0 saturated carbocycles. The molecule has 0 amide bonds. The molecule has 0 bridgehead atoms. The molecule has 0 spiro atoms. The lowest BCUT2D eigenvalue weighted by atomic mass is 10.0. The summed E-state index contributed by atoms with van der Waals surface area (Å²) in [5.74, 6) is 0. The summed E-state index contributed by atoms with van der Waals surface area (Å²) < 4.78 is 1.04. The number of rotatable bonds is 2. The third kappa shape index (κ3) is 2.53. The number of nitrogens with zero attached hydrogens (tertiary/aromatic N) is 2. The van der Waals surface area contributed by atoms with Gasteiger partial charge >= 0.3 is 0 Å². The maximum Gasteiger partial charge on any atom is 0.0595 e. The van der Waals surface area contributed by atoms with E-state index in [4.69, 9.17) is 11.6 Å². The fourth-order valence-corrected chi connectivity index (χ4v) is 4.11. The second kappa shape index (κ2) is 5.63. The molecule has 1 aromatic carbocycles. The van der Waals surface area contributed by atoms with Crippen molar-refractivity contribution in [1.29, 1.82) is 0 Å². The van der Waals surface area contributed by atoms with Crippen molar-refractivity contribution in [2.75, 3.05) is 24.5 Å². The van der Waals surface area contributed by atoms with E-state index >= 15 is 0 Å². The summed E-state index contributed by atoms with van der Waals surface area (Å²) in [6.07, 6.45) is 3.87. The number of hydrogen-bond acceptors (Lipinski definition) is 2. The van der Waals surface area contributed by atoms with Gasteiger partial charge in [0.25, 0.3) is 0 Å². The summed E-state index contributed by atoms with van der Waals surface area (Å²) in [6, 6.07) is 7.51. The van der Waals surface area contributed by atoms with E-state index in [1.165, 1.54) is 38.0 Å². The van der Waals surface area contributed by atoms with E-state index in [0.717, 1.165) is 22.1 Å². The van der Waals surface area contributed by atoms with Crippen LogP contribution >= 0.6 is 27.5 Å². The molecule has 2 unspecified atom stereocenters. The Balaban J connectivity index is 1.91. The van der Waals surface area contributed by atoms with Gasteiger partial charge in [-0.2, -0.15) is 0 Å². The normalized spacial score (nSPS) is 27.6. The topological polar surface area (TPSA) is 6.48 Å². The number of hydrogen-bond donors (Lipinski definition) is 0. The van der Waals surface area contributed by atoms with Gasteiger partial charge in [0.1, 0.15) is 0 Å². The van der Waals surface area contributed by atoms with E-state index in [1.807, 2.05) is 6.07 Å². The fraction of sp³-hybridized carbons (Fsp3) is 0.600. The lowest BCUT2D eigenvalue weighted by Gasteiger charge is -2.45. The minimum Gasteiger partial charge on any atom is -0.365 e. The van der Waals surface area contributed by atoms with Crippen LogP contribution < -0.4 is 4.90 Å². The molecule has 2 aliphatic heterocycles. The molecule has 2 aliphatic rings.